The number of aromatic carboxylic acids is 1. The molecule has 30 heavy (non-hydrogen) atoms. The number of ether oxygens (including phenoxy) is 1. The zero-order chi connectivity index (χ0) is 21.3. The lowest BCUT2D eigenvalue weighted by Gasteiger charge is -2.24. The third-order valence-corrected chi connectivity index (χ3v) is 6.12. The summed E-state index contributed by atoms with van der Waals surface area (Å²) in [4.78, 5) is 24.7. The van der Waals surface area contributed by atoms with Crippen LogP contribution in [0.2, 0.25) is 0 Å². The molecule has 3 aromatic rings. The summed E-state index contributed by atoms with van der Waals surface area (Å²) in [6.07, 6.45) is 3.81. The van der Waals surface area contributed by atoms with Crippen LogP contribution < -0.4 is 4.74 Å². The largest absolute Gasteiger partial charge is 0.478 e. The van der Waals surface area contributed by atoms with Crippen molar-refractivity contribution in [3.8, 4) is 16.9 Å². The average Bonchev–Trinajstić information content (AvgIpc) is 2.73. The van der Waals surface area contributed by atoms with Gasteiger partial charge in [0.2, 0.25) is 0 Å². The molecule has 0 heterocycles. The molecule has 3 aromatic carbocycles. The topological polar surface area (TPSA) is 63.6 Å². The molecule has 4 nitrogen and oxygen atoms in total. The molecule has 0 atom stereocenters. The zero-order valence-electron chi connectivity index (χ0n) is 17.4. The maximum atomic E-state index is 12.9. The van der Waals surface area contributed by atoms with Gasteiger partial charge in [-0.05, 0) is 67.2 Å². The van der Waals surface area contributed by atoms with Gasteiger partial charge in [-0.1, -0.05) is 55.0 Å². The van der Waals surface area contributed by atoms with Crippen LogP contribution in [0.25, 0.3) is 21.9 Å². The van der Waals surface area contributed by atoms with Crippen molar-refractivity contribution in [2.75, 3.05) is 0 Å². The Morgan fingerprint density at radius 2 is 1.63 bits per heavy atom. The number of carbonyl (C=O) groups excluding carboxylic acids is 1. The number of hydrogen-bond acceptors (Lipinski definition) is 3. The summed E-state index contributed by atoms with van der Waals surface area (Å²) in [5.74, 6) is -0.0876. The molecule has 1 fully saturated rings. The van der Waals surface area contributed by atoms with Gasteiger partial charge in [0, 0.05) is 5.39 Å². The first kappa shape index (κ1) is 20.1. The van der Waals surface area contributed by atoms with Crippen molar-refractivity contribution in [2.45, 2.75) is 39.5 Å². The Kier molecular flexibility index (Phi) is 5.58. The normalized spacial score (nSPS) is 18.9. The fraction of sp³-hybridized carbons (Fsp3) is 0.308. The second-order valence-corrected chi connectivity index (χ2v) is 8.39. The van der Waals surface area contributed by atoms with E-state index in [9.17, 15) is 14.7 Å². The fourth-order valence-electron chi connectivity index (χ4n) is 4.37. The maximum Gasteiger partial charge on any atom is 0.336 e. The molecule has 0 amide bonds. The van der Waals surface area contributed by atoms with Crippen LogP contribution in [-0.4, -0.2) is 17.0 Å². The molecule has 0 radical (unpaired) electrons. The van der Waals surface area contributed by atoms with E-state index >= 15 is 0 Å². The van der Waals surface area contributed by atoms with Gasteiger partial charge >= 0.3 is 11.9 Å². The van der Waals surface area contributed by atoms with E-state index in [0.29, 0.717) is 17.2 Å². The average molecular weight is 402 g/mol. The van der Waals surface area contributed by atoms with Gasteiger partial charge in [-0.3, -0.25) is 4.79 Å². The van der Waals surface area contributed by atoms with Gasteiger partial charge in [-0.15, -0.1) is 0 Å². The number of carbonyl (C=O) groups is 2. The Morgan fingerprint density at radius 3 is 2.33 bits per heavy atom. The van der Waals surface area contributed by atoms with E-state index in [1.54, 1.807) is 18.2 Å². The summed E-state index contributed by atoms with van der Waals surface area (Å²) >= 11 is 0. The van der Waals surface area contributed by atoms with Crippen LogP contribution in [0, 0.1) is 18.8 Å². The number of rotatable bonds is 4. The molecule has 0 aromatic heterocycles. The Balaban J connectivity index is 1.79. The van der Waals surface area contributed by atoms with E-state index in [4.69, 9.17) is 4.74 Å². The number of benzene rings is 3. The molecular formula is C26H26O4. The Hall–Kier alpha value is -3.14. The molecule has 0 bridgehead atoms. The van der Waals surface area contributed by atoms with Gasteiger partial charge in [0.1, 0.15) is 5.75 Å². The maximum absolute atomic E-state index is 12.9. The smallest absolute Gasteiger partial charge is 0.336 e. The SMILES string of the molecule is Cc1ccc(C(=O)O)c(-c2cccc3cccc(OC(=O)C4CCC(C)CC4)c23)c1. The quantitative estimate of drug-likeness (QED) is 0.414. The Labute approximate surface area is 176 Å². The lowest BCUT2D eigenvalue weighted by Crippen LogP contribution is -2.25. The van der Waals surface area contributed by atoms with E-state index in [1.165, 1.54) is 0 Å². The van der Waals surface area contributed by atoms with Crippen molar-refractivity contribution >= 4 is 22.7 Å². The molecule has 1 N–H and O–H groups in total. The molecule has 1 saturated carbocycles. The van der Waals surface area contributed by atoms with Crippen molar-refractivity contribution in [1.29, 1.82) is 0 Å². The number of aryl methyl sites for hydroxylation is 1. The monoisotopic (exact) mass is 402 g/mol. The highest BCUT2D eigenvalue weighted by atomic mass is 16.5. The molecule has 0 unspecified atom stereocenters. The van der Waals surface area contributed by atoms with Crippen LogP contribution in [0.5, 0.6) is 5.75 Å². The highest BCUT2D eigenvalue weighted by Crippen LogP contribution is 2.38. The highest BCUT2D eigenvalue weighted by molar-refractivity contribution is 6.06. The predicted molar refractivity (Wildman–Crippen MR) is 118 cm³/mol. The van der Waals surface area contributed by atoms with Gasteiger partial charge in [0.15, 0.2) is 0 Å². The lowest BCUT2D eigenvalue weighted by molar-refractivity contribution is -0.140. The number of fused-ring (bicyclic) bond motifs is 1. The van der Waals surface area contributed by atoms with Gasteiger partial charge in [0.25, 0.3) is 0 Å². The van der Waals surface area contributed by atoms with Crippen LogP contribution in [0.15, 0.2) is 54.6 Å². The minimum atomic E-state index is -0.979. The molecule has 4 rings (SSSR count). The fourth-order valence-corrected chi connectivity index (χ4v) is 4.37. The molecule has 1 aliphatic carbocycles. The standard InChI is InChI=1S/C26H26O4/c1-16-9-12-19(13-10-16)26(29)30-23-8-4-6-18-5-3-7-20(24(18)23)22-15-17(2)11-14-21(22)25(27)28/h3-8,11,14-16,19H,9-10,12-13H2,1-2H3,(H,27,28). The Morgan fingerprint density at radius 1 is 0.933 bits per heavy atom. The third kappa shape index (κ3) is 3.95. The number of carboxylic acids is 1. The van der Waals surface area contributed by atoms with Crippen LogP contribution in [0.4, 0.5) is 0 Å². The zero-order valence-corrected chi connectivity index (χ0v) is 17.4. The second kappa shape index (κ2) is 8.31. The second-order valence-electron chi connectivity index (χ2n) is 8.39. The minimum absolute atomic E-state index is 0.0721. The van der Waals surface area contributed by atoms with E-state index in [0.717, 1.165) is 47.6 Å². The molecule has 0 saturated heterocycles. The van der Waals surface area contributed by atoms with Crippen LogP contribution in [0.3, 0.4) is 0 Å². The first-order valence-corrected chi connectivity index (χ1v) is 10.5. The summed E-state index contributed by atoms with van der Waals surface area (Å²) in [6, 6.07) is 16.7. The van der Waals surface area contributed by atoms with E-state index in [-0.39, 0.29) is 17.5 Å². The van der Waals surface area contributed by atoms with Crippen molar-refractivity contribution in [3.05, 3.63) is 65.7 Å². The summed E-state index contributed by atoms with van der Waals surface area (Å²) < 4.78 is 5.91. The highest BCUT2D eigenvalue weighted by Gasteiger charge is 2.27. The van der Waals surface area contributed by atoms with E-state index in [2.05, 4.69) is 6.92 Å². The molecular weight excluding hydrogens is 376 g/mol. The van der Waals surface area contributed by atoms with Gasteiger partial charge in [0.05, 0.1) is 11.5 Å². The third-order valence-electron chi connectivity index (χ3n) is 6.12. The van der Waals surface area contributed by atoms with Crippen molar-refractivity contribution in [3.63, 3.8) is 0 Å². The summed E-state index contributed by atoms with van der Waals surface area (Å²) in [5.41, 5.74) is 2.59. The van der Waals surface area contributed by atoms with E-state index < -0.39 is 5.97 Å². The molecule has 0 spiro atoms. The van der Waals surface area contributed by atoms with Gasteiger partial charge < -0.3 is 9.84 Å². The lowest BCUT2D eigenvalue weighted by atomic mass is 9.83. The van der Waals surface area contributed by atoms with Crippen molar-refractivity contribution in [1.82, 2.24) is 0 Å². The van der Waals surface area contributed by atoms with Crippen LogP contribution >= 0.6 is 0 Å². The van der Waals surface area contributed by atoms with Gasteiger partial charge in [-0.2, -0.15) is 0 Å². The molecule has 1 aliphatic rings. The number of carboxylic acid groups (broad SMARTS) is 1. The molecule has 154 valence electrons. The first-order valence-electron chi connectivity index (χ1n) is 10.5. The van der Waals surface area contributed by atoms with Crippen molar-refractivity contribution < 1.29 is 19.4 Å². The number of esters is 1. The minimum Gasteiger partial charge on any atom is -0.478 e. The first-order chi connectivity index (χ1) is 14.4. The Bertz CT molecular complexity index is 1100. The van der Waals surface area contributed by atoms with E-state index in [1.807, 2.05) is 43.3 Å². The number of hydrogen-bond donors (Lipinski definition) is 1. The summed E-state index contributed by atoms with van der Waals surface area (Å²) in [7, 11) is 0. The van der Waals surface area contributed by atoms with Gasteiger partial charge in [-0.25, -0.2) is 4.79 Å². The molecule has 0 aliphatic heterocycles. The molecule has 4 heteroatoms. The van der Waals surface area contributed by atoms with Crippen molar-refractivity contribution in [2.24, 2.45) is 11.8 Å². The van der Waals surface area contributed by atoms with Crippen LogP contribution in [0.1, 0.15) is 48.5 Å². The predicted octanol–water partition coefficient (Wildman–Crippen LogP) is 6.25. The summed E-state index contributed by atoms with van der Waals surface area (Å²) in [5, 5.41) is 11.4. The van der Waals surface area contributed by atoms with Crippen LogP contribution in [-0.2, 0) is 4.79 Å². The summed E-state index contributed by atoms with van der Waals surface area (Å²) in [6.45, 7) is 4.16.